The molecule has 2 rings (SSSR count). The monoisotopic (exact) mass is 312 g/mol. The lowest BCUT2D eigenvalue weighted by Crippen LogP contribution is -2.15. The van der Waals surface area contributed by atoms with Crippen LogP contribution >= 0.6 is 0 Å². The minimum Gasteiger partial charge on any atom is -0.459 e. The van der Waals surface area contributed by atoms with Crippen LogP contribution in [0.15, 0.2) is 42.5 Å². The molecule has 0 saturated carbocycles. The molecule has 0 aliphatic carbocycles. The fourth-order valence-corrected chi connectivity index (χ4v) is 2.92. The fraction of sp³-hybridized carbons (Fsp3) is 0.476. The highest BCUT2D eigenvalue weighted by Crippen LogP contribution is 2.20. The Morgan fingerprint density at radius 1 is 0.957 bits per heavy atom. The van der Waals surface area contributed by atoms with Gasteiger partial charge in [-0.15, -0.1) is 0 Å². The number of hydrogen-bond donors (Lipinski definition) is 0. The minimum absolute atomic E-state index is 0.0207. The van der Waals surface area contributed by atoms with Crippen molar-refractivity contribution in [3.63, 3.8) is 0 Å². The number of benzene rings is 2. The summed E-state index contributed by atoms with van der Waals surface area (Å²) >= 11 is 0. The first kappa shape index (κ1) is 17.5. The highest BCUT2D eigenvalue weighted by atomic mass is 16.5. The summed E-state index contributed by atoms with van der Waals surface area (Å²) in [6.45, 7) is 4.23. The molecule has 0 aromatic heterocycles. The van der Waals surface area contributed by atoms with Crippen LogP contribution in [0.3, 0.4) is 0 Å². The Bertz CT molecular complexity index is 613. The molecule has 23 heavy (non-hydrogen) atoms. The van der Waals surface area contributed by atoms with Gasteiger partial charge >= 0.3 is 5.97 Å². The summed E-state index contributed by atoms with van der Waals surface area (Å²) in [7, 11) is 0. The van der Waals surface area contributed by atoms with Gasteiger partial charge in [0.2, 0.25) is 0 Å². The summed E-state index contributed by atoms with van der Waals surface area (Å²) in [5.74, 6) is -0.208. The van der Waals surface area contributed by atoms with Crippen molar-refractivity contribution in [3.8, 4) is 0 Å². The molecule has 0 saturated heterocycles. The molecule has 2 aromatic carbocycles. The van der Waals surface area contributed by atoms with Gasteiger partial charge in [0, 0.05) is 0 Å². The minimum atomic E-state index is -0.208. The van der Waals surface area contributed by atoms with Crippen LogP contribution in [0.4, 0.5) is 0 Å². The molecular weight excluding hydrogens is 284 g/mol. The van der Waals surface area contributed by atoms with E-state index in [0.717, 1.165) is 23.6 Å². The Balaban J connectivity index is 1.83. The molecule has 0 N–H and O–H groups in total. The molecule has 2 heteroatoms. The van der Waals surface area contributed by atoms with Gasteiger partial charge in [-0.2, -0.15) is 0 Å². The first-order valence-electron chi connectivity index (χ1n) is 8.91. The van der Waals surface area contributed by atoms with Crippen LogP contribution in [0.2, 0.25) is 0 Å². The third-order valence-electron chi connectivity index (χ3n) is 4.28. The molecule has 2 aromatic rings. The summed E-state index contributed by atoms with van der Waals surface area (Å²) in [4.78, 5) is 12.4. The van der Waals surface area contributed by atoms with Crippen molar-refractivity contribution in [1.29, 1.82) is 0 Å². The second kappa shape index (κ2) is 9.34. The number of carbonyl (C=O) groups is 1. The highest BCUT2D eigenvalue weighted by Gasteiger charge is 2.14. The van der Waals surface area contributed by atoms with E-state index < -0.39 is 0 Å². The molecule has 1 atom stereocenters. The van der Waals surface area contributed by atoms with E-state index in [1.807, 2.05) is 49.4 Å². The fourth-order valence-electron chi connectivity index (χ4n) is 2.92. The van der Waals surface area contributed by atoms with Gasteiger partial charge < -0.3 is 4.74 Å². The second-order valence-electron chi connectivity index (χ2n) is 6.30. The van der Waals surface area contributed by atoms with Crippen molar-refractivity contribution < 1.29 is 9.53 Å². The largest absolute Gasteiger partial charge is 0.459 e. The van der Waals surface area contributed by atoms with Crippen LogP contribution in [0.5, 0.6) is 0 Å². The van der Waals surface area contributed by atoms with E-state index in [4.69, 9.17) is 4.74 Å². The average molecular weight is 312 g/mol. The predicted octanol–water partition coefficient (Wildman–Crippen LogP) is 6.14. The Morgan fingerprint density at radius 2 is 1.65 bits per heavy atom. The number of carbonyl (C=O) groups excluding carboxylic acids is 1. The molecule has 124 valence electrons. The van der Waals surface area contributed by atoms with Crippen molar-refractivity contribution in [1.82, 2.24) is 0 Å². The molecule has 0 aliphatic rings. The van der Waals surface area contributed by atoms with Gasteiger partial charge in [-0.25, -0.2) is 4.79 Å². The predicted molar refractivity (Wildman–Crippen MR) is 96.8 cm³/mol. The Kier molecular flexibility index (Phi) is 7.12. The quantitative estimate of drug-likeness (QED) is 0.411. The van der Waals surface area contributed by atoms with Crippen molar-refractivity contribution in [2.24, 2.45) is 0 Å². The summed E-state index contributed by atoms with van der Waals surface area (Å²) in [5, 5.41) is 2.04. The van der Waals surface area contributed by atoms with Crippen LogP contribution in [-0.2, 0) is 4.74 Å². The third-order valence-corrected chi connectivity index (χ3v) is 4.28. The van der Waals surface area contributed by atoms with E-state index in [2.05, 4.69) is 6.92 Å². The molecule has 0 bridgehead atoms. The van der Waals surface area contributed by atoms with Crippen molar-refractivity contribution >= 4 is 16.7 Å². The van der Waals surface area contributed by atoms with E-state index in [1.54, 1.807) is 0 Å². The summed E-state index contributed by atoms with van der Waals surface area (Å²) < 4.78 is 5.63. The van der Waals surface area contributed by atoms with Crippen molar-refractivity contribution in [3.05, 3.63) is 48.0 Å². The first-order chi connectivity index (χ1) is 11.2. The second-order valence-corrected chi connectivity index (χ2v) is 6.30. The van der Waals surface area contributed by atoms with Gasteiger partial charge in [-0.3, -0.25) is 0 Å². The molecule has 0 radical (unpaired) electrons. The van der Waals surface area contributed by atoms with Gasteiger partial charge in [0.05, 0.1) is 11.7 Å². The van der Waals surface area contributed by atoms with E-state index in [0.29, 0.717) is 5.56 Å². The van der Waals surface area contributed by atoms with E-state index in [-0.39, 0.29) is 12.1 Å². The van der Waals surface area contributed by atoms with E-state index >= 15 is 0 Å². The average Bonchev–Trinajstić information content (AvgIpc) is 2.57. The topological polar surface area (TPSA) is 26.3 Å². The van der Waals surface area contributed by atoms with Crippen LogP contribution in [-0.4, -0.2) is 12.1 Å². The van der Waals surface area contributed by atoms with Gasteiger partial charge in [0.25, 0.3) is 0 Å². The first-order valence-corrected chi connectivity index (χ1v) is 8.91. The Hall–Kier alpha value is -1.83. The lowest BCUT2D eigenvalue weighted by molar-refractivity contribution is 0.0322. The molecule has 2 nitrogen and oxygen atoms in total. The van der Waals surface area contributed by atoms with Crippen molar-refractivity contribution in [2.45, 2.75) is 64.9 Å². The number of unbranched alkanes of at least 4 members (excludes halogenated alkanes) is 5. The molecule has 0 heterocycles. The highest BCUT2D eigenvalue weighted by molar-refractivity contribution is 6.04. The lowest BCUT2D eigenvalue weighted by Gasteiger charge is -2.14. The van der Waals surface area contributed by atoms with Gasteiger partial charge in [-0.05, 0) is 36.6 Å². The van der Waals surface area contributed by atoms with Gasteiger partial charge in [-0.1, -0.05) is 75.4 Å². The zero-order valence-electron chi connectivity index (χ0n) is 14.4. The summed E-state index contributed by atoms with van der Waals surface area (Å²) in [6.07, 6.45) is 8.50. The SMILES string of the molecule is CCCCCCCC[C@H](C)OC(=O)c1cccc2ccccc12. The Morgan fingerprint density at radius 3 is 2.48 bits per heavy atom. The number of esters is 1. The van der Waals surface area contributed by atoms with Crippen LogP contribution < -0.4 is 0 Å². The summed E-state index contributed by atoms with van der Waals surface area (Å²) in [6, 6.07) is 13.7. The lowest BCUT2D eigenvalue weighted by atomic mass is 10.0. The third kappa shape index (κ3) is 5.38. The van der Waals surface area contributed by atoms with Gasteiger partial charge in [0.15, 0.2) is 0 Å². The maximum absolute atomic E-state index is 12.4. The summed E-state index contributed by atoms with van der Waals surface area (Å²) in [5.41, 5.74) is 0.665. The smallest absolute Gasteiger partial charge is 0.339 e. The van der Waals surface area contributed by atoms with E-state index in [1.165, 1.54) is 32.1 Å². The maximum Gasteiger partial charge on any atom is 0.339 e. The number of rotatable bonds is 9. The van der Waals surface area contributed by atoms with Gasteiger partial charge in [0.1, 0.15) is 0 Å². The number of hydrogen-bond acceptors (Lipinski definition) is 2. The number of ether oxygens (including phenoxy) is 1. The maximum atomic E-state index is 12.4. The molecule has 0 unspecified atom stereocenters. The Labute approximate surface area is 139 Å². The molecular formula is C21H28O2. The standard InChI is InChI=1S/C21H28O2/c1-3-4-5-6-7-8-12-17(2)23-21(22)20-16-11-14-18-13-9-10-15-19(18)20/h9-11,13-17H,3-8,12H2,1-2H3/t17-/m0/s1. The molecule has 0 spiro atoms. The zero-order chi connectivity index (χ0) is 16.5. The zero-order valence-corrected chi connectivity index (χ0v) is 14.4. The molecule has 0 fully saturated rings. The van der Waals surface area contributed by atoms with Crippen LogP contribution in [0.25, 0.3) is 10.8 Å². The van der Waals surface area contributed by atoms with Crippen molar-refractivity contribution in [2.75, 3.05) is 0 Å². The number of fused-ring (bicyclic) bond motifs is 1. The van der Waals surface area contributed by atoms with E-state index in [9.17, 15) is 4.79 Å². The van der Waals surface area contributed by atoms with Crippen LogP contribution in [0, 0.1) is 0 Å². The van der Waals surface area contributed by atoms with Crippen LogP contribution in [0.1, 0.15) is 69.2 Å². The normalized spacial score (nSPS) is 12.3. The molecule has 0 aliphatic heterocycles. The molecule has 0 amide bonds.